The van der Waals surface area contributed by atoms with E-state index in [4.69, 9.17) is 9.47 Å². The zero-order valence-electron chi connectivity index (χ0n) is 18.5. The van der Waals surface area contributed by atoms with Gasteiger partial charge in [-0.1, -0.05) is 30.3 Å². The molecule has 1 heterocycles. The second kappa shape index (κ2) is 8.31. The second-order valence-corrected chi connectivity index (χ2v) is 8.87. The molecule has 0 N–H and O–H groups in total. The van der Waals surface area contributed by atoms with Crippen molar-refractivity contribution in [2.45, 2.75) is 50.8 Å². The minimum atomic E-state index is -0.178. The fourth-order valence-corrected chi connectivity index (χ4v) is 5.06. The van der Waals surface area contributed by atoms with E-state index in [2.05, 4.69) is 30.1 Å². The first-order chi connectivity index (χ1) is 14.4. The van der Waals surface area contributed by atoms with Gasteiger partial charge >= 0.3 is 0 Å². The van der Waals surface area contributed by atoms with Gasteiger partial charge < -0.3 is 14.4 Å². The molecule has 4 rings (SSSR count). The van der Waals surface area contributed by atoms with Gasteiger partial charge in [0, 0.05) is 31.7 Å². The molecule has 0 unspecified atom stereocenters. The van der Waals surface area contributed by atoms with Gasteiger partial charge in [0.2, 0.25) is 0 Å². The first kappa shape index (κ1) is 20.7. The molecule has 30 heavy (non-hydrogen) atoms. The summed E-state index contributed by atoms with van der Waals surface area (Å²) in [5, 5.41) is 0. The van der Waals surface area contributed by atoms with Crippen molar-refractivity contribution in [2.24, 2.45) is 0 Å². The van der Waals surface area contributed by atoms with Crippen molar-refractivity contribution < 1.29 is 14.3 Å². The van der Waals surface area contributed by atoms with Crippen molar-refractivity contribution >= 4 is 5.91 Å². The fourth-order valence-electron chi connectivity index (χ4n) is 5.06. The summed E-state index contributed by atoms with van der Waals surface area (Å²) in [7, 11) is 5.71. The third-order valence-corrected chi connectivity index (χ3v) is 6.68. The van der Waals surface area contributed by atoms with Crippen LogP contribution in [0.25, 0.3) is 0 Å². The molecular weight excluding hydrogens is 376 g/mol. The van der Waals surface area contributed by atoms with E-state index in [9.17, 15) is 4.79 Å². The summed E-state index contributed by atoms with van der Waals surface area (Å²) in [6, 6.07) is 14.3. The predicted octanol–water partition coefficient (Wildman–Crippen LogP) is 4.28. The van der Waals surface area contributed by atoms with Crippen LogP contribution >= 0.6 is 0 Å². The molecule has 1 aliphatic carbocycles. The summed E-state index contributed by atoms with van der Waals surface area (Å²) in [6.07, 6.45) is 3.76. The largest absolute Gasteiger partial charge is 0.496 e. The minimum Gasteiger partial charge on any atom is -0.496 e. The molecule has 2 aromatic rings. The number of ether oxygens (including phenoxy) is 2. The molecule has 0 aromatic heterocycles. The molecule has 5 heteroatoms. The van der Waals surface area contributed by atoms with Crippen LogP contribution in [-0.2, 0) is 6.54 Å². The standard InChI is InChI=1S/C25H32N2O3/c1-18-8-7-10-21(23(18)29-4)24(28)27(3)20-12-14-25(15-13-20)17-26(2)16-19-9-5-6-11-22(19)30-25/h5-11,20H,12-17H2,1-4H3. The van der Waals surface area contributed by atoms with Crippen LogP contribution in [0, 0.1) is 6.92 Å². The molecule has 1 spiro atoms. The summed E-state index contributed by atoms with van der Waals surface area (Å²) < 4.78 is 12.1. The summed E-state index contributed by atoms with van der Waals surface area (Å²) in [5.74, 6) is 1.71. The number of aryl methyl sites for hydroxylation is 1. The third-order valence-electron chi connectivity index (χ3n) is 6.68. The van der Waals surface area contributed by atoms with Gasteiger partial charge in [-0.2, -0.15) is 0 Å². The molecule has 5 nitrogen and oxygen atoms in total. The number of hydrogen-bond donors (Lipinski definition) is 0. The average Bonchev–Trinajstić information content (AvgIpc) is 2.88. The highest BCUT2D eigenvalue weighted by Gasteiger charge is 2.42. The summed E-state index contributed by atoms with van der Waals surface area (Å²) in [4.78, 5) is 17.5. The van der Waals surface area contributed by atoms with Crippen molar-refractivity contribution in [3.8, 4) is 11.5 Å². The normalized spacial score (nSPS) is 23.9. The topological polar surface area (TPSA) is 42.0 Å². The fraction of sp³-hybridized carbons (Fsp3) is 0.480. The Bertz CT molecular complexity index is 918. The smallest absolute Gasteiger partial charge is 0.257 e. The summed E-state index contributed by atoms with van der Waals surface area (Å²) >= 11 is 0. The van der Waals surface area contributed by atoms with Gasteiger partial charge in [0.25, 0.3) is 5.91 Å². The highest BCUT2D eigenvalue weighted by Crippen LogP contribution is 2.39. The number of amides is 1. The Kier molecular flexibility index (Phi) is 5.74. The Morgan fingerprint density at radius 1 is 1.17 bits per heavy atom. The quantitative estimate of drug-likeness (QED) is 0.760. The highest BCUT2D eigenvalue weighted by atomic mass is 16.5. The van der Waals surface area contributed by atoms with E-state index >= 15 is 0 Å². The van der Waals surface area contributed by atoms with Crippen LogP contribution in [0.2, 0.25) is 0 Å². The Labute approximate surface area is 179 Å². The number of para-hydroxylation sites is 2. The van der Waals surface area contributed by atoms with Gasteiger partial charge in [0.05, 0.1) is 12.7 Å². The molecule has 1 aliphatic heterocycles. The van der Waals surface area contributed by atoms with Gasteiger partial charge in [-0.25, -0.2) is 0 Å². The van der Waals surface area contributed by atoms with E-state index in [-0.39, 0.29) is 17.6 Å². The van der Waals surface area contributed by atoms with E-state index < -0.39 is 0 Å². The third kappa shape index (κ3) is 3.91. The zero-order chi connectivity index (χ0) is 21.3. The molecule has 0 radical (unpaired) electrons. The van der Waals surface area contributed by atoms with Crippen LogP contribution in [0.1, 0.15) is 47.2 Å². The van der Waals surface area contributed by atoms with Crippen LogP contribution < -0.4 is 9.47 Å². The number of nitrogens with zero attached hydrogens (tertiary/aromatic N) is 2. The van der Waals surface area contributed by atoms with Crippen molar-refractivity contribution in [3.63, 3.8) is 0 Å². The maximum atomic E-state index is 13.2. The van der Waals surface area contributed by atoms with E-state index in [0.717, 1.165) is 50.1 Å². The maximum absolute atomic E-state index is 13.2. The Morgan fingerprint density at radius 3 is 2.63 bits per heavy atom. The van der Waals surface area contributed by atoms with E-state index in [1.54, 1.807) is 7.11 Å². The number of fused-ring (bicyclic) bond motifs is 1. The van der Waals surface area contributed by atoms with Crippen molar-refractivity contribution in [2.75, 3.05) is 27.7 Å². The molecule has 1 saturated carbocycles. The monoisotopic (exact) mass is 408 g/mol. The van der Waals surface area contributed by atoms with E-state index in [1.807, 2.05) is 43.1 Å². The van der Waals surface area contributed by atoms with Crippen molar-refractivity contribution in [1.82, 2.24) is 9.80 Å². The van der Waals surface area contributed by atoms with Crippen LogP contribution in [-0.4, -0.2) is 55.1 Å². The highest BCUT2D eigenvalue weighted by molar-refractivity contribution is 5.97. The SMILES string of the molecule is COc1c(C)cccc1C(=O)N(C)C1CCC2(CC1)CN(C)Cc1ccccc1O2. The van der Waals surface area contributed by atoms with Gasteiger partial charge in [-0.05, 0) is 57.4 Å². The van der Waals surface area contributed by atoms with Gasteiger partial charge in [-0.15, -0.1) is 0 Å². The van der Waals surface area contributed by atoms with Crippen LogP contribution in [0.3, 0.4) is 0 Å². The second-order valence-electron chi connectivity index (χ2n) is 8.87. The number of rotatable bonds is 3. The molecule has 0 saturated heterocycles. The lowest BCUT2D eigenvalue weighted by Gasteiger charge is -2.43. The molecule has 1 fully saturated rings. The van der Waals surface area contributed by atoms with Gasteiger partial charge in [0.15, 0.2) is 0 Å². The van der Waals surface area contributed by atoms with E-state index in [0.29, 0.717) is 11.3 Å². The molecular formula is C25H32N2O3. The lowest BCUT2D eigenvalue weighted by atomic mass is 9.81. The van der Waals surface area contributed by atoms with Crippen LogP contribution in [0.5, 0.6) is 11.5 Å². The van der Waals surface area contributed by atoms with Crippen LogP contribution in [0.15, 0.2) is 42.5 Å². The Morgan fingerprint density at radius 2 is 1.90 bits per heavy atom. The average molecular weight is 409 g/mol. The zero-order valence-corrected chi connectivity index (χ0v) is 18.5. The number of hydrogen-bond acceptors (Lipinski definition) is 4. The Hall–Kier alpha value is -2.53. The number of carbonyl (C=O) groups excluding carboxylic acids is 1. The first-order valence-corrected chi connectivity index (χ1v) is 10.8. The lowest BCUT2D eigenvalue weighted by Crippen LogP contribution is -2.51. The lowest BCUT2D eigenvalue weighted by molar-refractivity contribution is -0.00846. The van der Waals surface area contributed by atoms with Gasteiger partial charge in [0.1, 0.15) is 17.1 Å². The molecule has 0 atom stereocenters. The number of benzene rings is 2. The van der Waals surface area contributed by atoms with Crippen molar-refractivity contribution in [1.29, 1.82) is 0 Å². The molecule has 2 aliphatic rings. The van der Waals surface area contributed by atoms with Crippen molar-refractivity contribution in [3.05, 3.63) is 59.2 Å². The summed E-state index contributed by atoms with van der Waals surface area (Å²) in [6.45, 7) is 3.79. The van der Waals surface area contributed by atoms with Gasteiger partial charge in [-0.3, -0.25) is 9.69 Å². The number of methoxy groups -OCH3 is 1. The minimum absolute atomic E-state index is 0.0285. The molecule has 0 bridgehead atoms. The van der Waals surface area contributed by atoms with Crippen LogP contribution in [0.4, 0.5) is 0 Å². The maximum Gasteiger partial charge on any atom is 0.257 e. The van der Waals surface area contributed by atoms with E-state index in [1.165, 1.54) is 5.56 Å². The molecule has 1 amide bonds. The summed E-state index contributed by atoms with van der Waals surface area (Å²) in [5.41, 5.74) is 2.69. The Balaban J connectivity index is 1.48. The first-order valence-electron chi connectivity index (χ1n) is 10.8. The number of carbonyl (C=O) groups is 1. The number of likely N-dealkylation sites (N-methyl/N-ethyl adjacent to an activating group) is 1. The molecule has 160 valence electrons. The molecule has 2 aromatic carbocycles. The predicted molar refractivity (Wildman–Crippen MR) is 118 cm³/mol.